The first-order valence-corrected chi connectivity index (χ1v) is 30.5. The van der Waals surface area contributed by atoms with E-state index in [1.165, 1.54) is 0 Å². The predicted octanol–water partition coefficient (Wildman–Crippen LogP) is 10.8. The van der Waals surface area contributed by atoms with Crippen LogP contribution >= 0.6 is 17.2 Å². The van der Waals surface area contributed by atoms with Crippen molar-refractivity contribution in [3.63, 3.8) is 0 Å². The Balaban J connectivity index is 0.907. The normalized spacial score (nSPS) is 70.6. The van der Waals surface area contributed by atoms with Gasteiger partial charge in [-0.15, -0.1) is 0 Å². The molecular formula is C46H52FeN4P2. The second-order valence-electron chi connectivity index (χ2n) is 24.8. The van der Waals surface area contributed by atoms with Crippen LogP contribution in [-0.2, 0) is 16.0 Å². The summed E-state index contributed by atoms with van der Waals surface area (Å²) in [7, 11) is 3.64. The second-order valence-corrected chi connectivity index (χ2v) is 51.2. The third-order valence-electron chi connectivity index (χ3n) is 28.4. The van der Waals surface area contributed by atoms with Gasteiger partial charge < -0.3 is 0 Å². The third kappa shape index (κ3) is 0.938. The molecule has 18 fully saturated rings. The molecule has 3 aromatic rings. The van der Waals surface area contributed by atoms with E-state index in [2.05, 4.69) is 76.5 Å². The Hall–Kier alpha value is -1.24. The van der Waals surface area contributed by atoms with Gasteiger partial charge in [0.1, 0.15) is 0 Å². The third-order valence-corrected chi connectivity index (χ3v) is 78.0. The van der Waals surface area contributed by atoms with Gasteiger partial charge in [0, 0.05) is 0 Å². The van der Waals surface area contributed by atoms with Crippen LogP contribution in [0.3, 0.4) is 0 Å². The van der Waals surface area contributed by atoms with Gasteiger partial charge in [0.25, 0.3) is 0 Å². The van der Waals surface area contributed by atoms with E-state index in [1.807, 2.05) is 5.56 Å². The maximum atomic E-state index is 5.34. The van der Waals surface area contributed by atoms with Crippen molar-refractivity contribution in [3.05, 3.63) is 84.5 Å². The Bertz CT molecular complexity index is 2560. The van der Waals surface area contributed by atoms with E-state index in [-0.39, 0.29) is 13.1 Å². The average Bonchev–Trinajstić information content (AvgIpc) is 4.13. The molecule has 53 heavy (non-hydrogen) atoms. The fourth-order valence-corrected chi connectivity index (χ4v) is 122. The van der Waals surface area contributed by atoms with Crippen LogP contribution in [0.4, 0.5) is 0 Å². The summed E-state index contributed by atoms with van der Waals surface area (Å²) in [6.45, 7) is -4.53. The quantitative estimate of drug-likeness (QED) is 0.169. The molecule has 4 nitrogen and oxygen atoms in total. The number of aromatic nitrogens is 4. The summed E-state index contributed by atoms with van der Waals surface area (Å²) in [5, 5.41) is -0.350. The molecule has 8 saturated carbocycles. The Morgan fingerprint density at radius 3 is 1.43 bits per heavy atom. The van der Waals surface area contributed by atoms with E-state index >= 15 is 0 Å². The molecule has 8 bridgehead atoms. The van der Waals surface area contributed by atoms with E-state index in [0.717, 1.165) is 104 Å². The van der Waals surface area contributed by atoms with Crippen molar-refractivity contribution in [1.29, 1.82) is 0 Å². The molecule has 6 unspecified atom stereocenters. The molecule has 1 spiro atoms. The Kier molecular flexibility index (Phi) is 2.64. The zero-order chi connectivity index (χ0) is 33.8. The first-order chi connectivity index (χ1) is 25.8. The average molecular weight is 779 g/mol. The van der Waals surface area contributed by atoms with Gasteiger partial charge in [0.15, 0.2) is 0 Å². The van der Waals surface area contributed by atoms with Gasteiger partial charge in [-0.1, -0.05) is 0 Å². The van der Waals surface area contributed by atoms with Gasteiger partial charge in [0.05, 0.1) is 0 Å². The van der Waals surface area contributed by atoms with E-state index in [0.29, 0.717) is 12.9 Å². The standard InChI is InChI=1S/C41H47N4P2.C5H5.Fe/c46-41(39-42-8-4-9-43-39,40-44-10-5-11-45-40)36-23-30(29-6-2-1-3-7-29)22-35(36)24-47(37-31-14-25-12-26(16-31)17-32(37)15-25)38-33-18-27-13-28(20-33)21-34(38)19-27;1-2-4-5-3-1;/h1-11,22-23,25-28,31-34,37-38H,12-21,24,46H2;1-5H;. The second kappa shape index (κ2) is 5.11. The summed E-state index contributed by atoms with van der Waals surface area (Å²) < 4.78 is 1.58. The summed E-state index contributed by atoms with van der Waals surface area (Å²) in [6, 6.07) is 16.6. The van der Waals surface area contributed by atoms with E-state index in [4.69, 9.17) is 19.9 Å². The first kappa shape index (κ1) is 27.4. The minimum absolute atomic E-state index is 0.0305. The number of rotatable bonds is 8. The van der Waals surface area contributed by atoms with Gasteiger partial charge in [-0.3, -0.25) is 0 Å². The number of nitrogens with zero attached hydrogens (tertiary/aromatic N) is 4. The SMILES string of the molecule is PC(c1ncccn1)(c1ncccn1)[C]12[CH]3[C]4(c5ccccc5)[CH]5[C]1(CP(C1C6CC7CC(C6)CC1C7)C1C6CC7CC(C6)CC1C7)[Fe]53421678[CH]2[CH]1[CH]6[CH]7[CH]28. The number of hydrogen-bond acceptors (Lipinski definition) is 4. The van der Waals surface area contributed by atoms with Crippen LogP contribution in [-0.4, -0.2) is 37.4 Å². The zero-order valence-corrected chi connectivity index (χ0v) is 33.8. The van der Waals surface area contributed by atoms with Gasteiger partial charge in [-0.25, -0.2) is 0 Å². The fourth-order valence-electron chi connectivity index (χ4n) is 31.4. The Morgan fingerprint density at radius 1 is 0.585 bits per heavy atom. The minimum atomic E-state index is -4.53. The summed E-state index contributed by atoms with van der Waals surface area (Å²) >= 11 is 0. The summed E-state index contributed by atoms with van der Waals surface area (Å²) in [5.41, 5.74) is 4.02. The van der Waals surface area contributed by atoms with Crippen molar-refractivity contribution in [3.8, 4) is 0 Å². The van der Waals surface area contributed by atoms with Crippen molar-refractivity contribution >= 4 is 17.2 Å². The molecule has 10 aliphatic heterocycles. The van der Waals surface area contributed by atoms with Gasteiger partial charge in [0.2, 0.25) is 0 Å². The first-order valence-electron chi connectivity index (χ1n) is 22.2. The predicted molar refractivity (Wildman–Crippen MR) is 208 cm³/mol. The molecule has 274 valence electrons. The zero-order valence-electron chi connectivity index (χ0n) is 30.6. The Morgan fingerprint density at radius 2 is 1.02 bits per heavy atom. The Labute approximate surface area is 307 Å². The van der Waals surface area contributed by atoms with Crippen molar-refractivity contribution in [2.24, 2.45) is 47.3 Å². The van der Waals surface area contributed by atoms with Crippen LogP contribution in [0.25, 0.3) is 0 Å². The topological polar surface area (TPSA) is 51.6 Å². The number of hydrogen-bond donors (Lipinski definition) is 0. The van der Waals surface area contributed by atoms with Crippen molar-refractivity contribution in [1.82, 2.24) is 19.9 Å². The van der Waals surface area contributed by atoms with Crippen molar-refractivity contribution in [2.45, 2.75) is 127 Å². The molecule has 8 aliphatic carbocycles. The summed E-state index contributed by atoms with van der Waals surface area (Å²) in [6.07, 6.45) is 26.0. The van der Waals surface area contributed by atoms with Gasteiger partial charge >= 0.3 is 309 Å². The van der Waals surface area contributed by atoms with Crippen molar-refractivity contribution < 1.29 is 6.51 Å². The van der Waals surface area contributed by atoms with E-state index in [9.17, 15) is 0 Å². The summed E-state index contributed by atoms with van der Waals surface area (Å²) in [4.78, 5) is 29.1. The van der Waals surface area contributed by atoms with Gasteiger partial charge in [-0.2, -0.15) is 0 Å². The molecular weight excluding hydrogens is 726 g/mol. The number of benzene rings is 1. The van der Waals surface area contributed by atoms with Crippen molar-refractivity contribution in [2.75, 3.05) is 6.16 Å². The summed E-state index contributed by atoms with van der Waals surface area (Å²) in [5.74, 6) is 10.7. The molecule has 0 amide bonds. The van der Waals surface area contributed by atoms with Crippen LogP contribution in [0.15, 0.2) is 67.3 Å². The molecule has 10 saturated heterocycles. The monoisotopic (exact) mass is 778 g/mol. The molecule has 18 aliphatic rings. The molecule has 1 aromatic carbocycles. The number of fused-ring (bicyclic) bond motifs is 10. The molecule has 6 atom stereocenters. The van der Waals surface area contributed by atoms with Crippen LogP contribution in [0.1, 0.15) is 81.4 Å². The van der Waals surface area contributed by atoms with Crippen LogP contribution in [0.2, 0.25) is 42.3 Å². The molecule has 7 heteroatoms. The van der Waals surface area contributed by atoms with E-state index < -0.39 is 6.51 Å². The van der Waals surface area contributed by atoms with Crippen LogP contribution in [0.5, 0.6) is 0 Å². The fraction of sp³-hybridized carbons (Fsp3) is 0.696. The molecule has 12 heterocycles. The van der Waals surface area contributed by atoms with Gasteiger partial charge in [-0.05, 0) is 0 Å². The maximum absolute atomic E-state index is 5.34. The van der Waals surface area contributed by atoms with Crippen LogP contribution < -0.4 is 0 Å². The van der Waals surface area contributed by atoms with Crippen LogP contribution in [0, 0.1) is 47.3 Å². The van der Waals surface area contributed by atoms with E-state index in [1.54, 1.807) is 70.4 Å². The molecule has 0 radical (unpaired) electrons. The molecule has 0 N–H and O–H groups in total. The molecule has 21 rings (SSSR count). The molecule has 2 aromatic heterocycles.